The molecule has 4 rings (SSSR count). The van der Waals surface area contributed by atoms with Gasteiger partial charge in [0, 0.05) is 6.07 Å². The molecule has 0 unspecified atom stereocenters. The van der Waals surface area contributed by atoms with Gasteiger partial charge in [-0.15, -0.1) is 0 Å². The summed E-state index contributed by atoms with van der Waals surface area (Å²) in [5.74, 6) is 0.185. The van der Waals surface area contributed by atoms with Crippen molar-refractivity contribution in [1.82, 2.24) is 0 Å². The van der Waals surface area contributed by atoms with Crippen molar-refractivity contribution in [3.05, 3.63) is 84.2 Å². The largest absolute Gasteiger partial charge is 0.485 e. The molecule has 0 N–H and O–H groups in total. The third-order valence-electron chi connectivity index (χ3n) is 3.87. The second kappa shape index (κ2) is 10.3. The Morgan fingerprint density at radius 1 is 0.741 bits per heavy atom. The van der Waals surface area contributed by atoms with E-state index in [1.807, 2.05) is 58.0 Å². The van der Waals surface area contributed by atoms with Gasteiger partial charge in [-0.1, -0.05) is 82.3 Å². The summed E-state index contributed by atoms with van der Waals surface area (Å²) in [6.07, 6.45) is 0. The highest BCUT2D eigenvalue weighted by Crippen LogP contribution is 2.32. The van der Waals surface area contributed by atoms with E-state index in [2.05, 4.69) is 29.3 Å². The maximum atomic E-state index is 13.2. The molecule has 0 atom stereocenters. The second-order valence-corrected chi connectivity index (χ2v) is 5.40. The third kappa shape index (κ3) is 5.04. The lowest BCUT2D eigenvalue weighted by atomic mass is 10.0. The summed E-state index contributed by atoms with van der Waals surface area (Å²) in [6, 6.07) is 22.9. The number of aliphatic imine (C=N–C) groups is 1. The fraction of sp³-hybridized carbons (Fsp3) is 0.208. The first kappa shape index (κ1) is 20.4. The first-order valence-corrected chi connectivity index (χ1v) is 9.45. The van der Waals surface area contributed by atoms with E-state index < -0.39 is 0 Å². The summed E-state index contributed by atoms with van der Waals surface area (Å²) < 4.78 is 18.8. The number of rotatable bonds is 2. The van der Waals surface area contributed by atoms with Gasteiger partial charge in [-0.2, -0.15) is 0 Å². The quantitative estimate of drug-likeness (QED) is 0.477. The normalized spacial score (nSPS) is 11.5. The molecule has 27 heavy (non-hydrogen) atoms. The Morgan fingerprint density at radius 2 is 1.33 bits per heavy atom. The molecule has 0 fully saturated rings. The van der Waals surface area contributed by atoms with Gasteiger partial charge >= 0.3 is 0 Å². The van der Waals surface area contributed by atoms with Crippen molar-refractivity contribution >= 4 is 11.4 Å². The van der Waals surface area contributed by atoms with Crippen LogP contribution in [0, 0.1) is 5.82 Å². The van der Waals surface area contributed by atoms with E-state index in [1.54, 1.807) is 6.07 Å². The molecule has 3 aromatic rings. The average molecular weight is 363 g/mol. The van der Waals surface area contributed by atoms with Gasteiger partial charge in [0.05, 0.1) is 5.71 Å². The van der Waals surface area contributed by atoms with Crippen LogP contribution in [0.2, 0.25) is 0 Å². The summed E-state index contributed by atoms with van der Waals surface area (Å²) in [4.78, 5) is 4.58. The molecule has 1 aliphatic rings. The topological polar surface area (TPSA) is 21.6 Å². The monoisotopic (exact) mass is 363 g/mol. The van der Waals surface area contributed by atoms with E-state index in [0.717, 1.165) is 16.8 Å². The Hall–Kier alpha value is -2.94. The highest BCUT2D eigenvalue weighted by molar-refractivity contribution is 6.04. The highest BCUT2D eigenvalue weighted by Gasteiger charge is 2.15. The van der Waals surface area contributed by atoms with Crippen molar-refractivity contribution < 1.29 is 9.13 Å². The number of hydrogen-bond acceptors (Lipinski definition) is 2. The predicted molar refractivity (Wildman–Crippen MR) is 113 cm³/mol. The molecule has 0 saturated carbocycles. The molecule has 0 aliphatic carbocycles. The molecule has 3 heteroatoms. The summed E-state index contributed by atoms with van der Waals surface area (Å²) >= 11 is 0. The molecule has 0 spiro atoms. The SMILES string of the molecule is CC.CC.Fc1ccc2c(c1)OCC(c1ccc(-c3ccccc3)cc1)=N2. The van der Waals surface area contributed by atoms with Crippen molar-refractivity contribution in [2.24, 2.45) is 4.99 Å². The van der Waals surface area contributed by atoms with Gasteiger partial charge in [-0.25, -0.2) is 9.38 Å². The number of hydrogen-bond donors (Lipinski definition) is 0. The van der Waals surface area contributed by atoms with E-state index in [9.17, 15) is 4.39 Å². The molecular weight excluding hydrogens is 337 g/mol. The van der Waals surface area contributed by atoms with Gasteiger partial charge in [0.15, 0.2) is 0 Å². The van der Waals surface area contributed by atoms with Crippen LogP contribution < -0.4 is 4.74 Å². The Kier molecular flexibility index (Phi) is 7.75. The number of benzene rings is 3. The molecule has 0 radical (unpaired) electrons. The number of halogens is 1. The zero-order chi connectivity index (χ0) is 19.6. The third-order valence-corrected chi connectivity index (χ3v) is 3.87. The molecule has 0 saturated heterocycles. The lowest BCUT2D eigenvalue weighted by Gasteiger charge is -2.17. The van der Waals surface area contributed by atoms with Gasteiger partial charge < -0.3 is 4.74 Å². The number of fused-ring (bicyclic) bond motifs is 1. The van der Waals surface area contributed by atoms with Crippen molar-refractivity contribution in [2.45, 2.75) is 27.7 Å². The van der Waals surface area contributed by atoms with Crippen molar-refractivity contribution in [1.29, 1.82) is 0 Å². The second-order valence-electron chi connectivity index (χ2n) is 5.40. The van der Waals surface area contributed by atoms with Crippen LogP contribution in [-0.4, -0.2) is 12.3 Å². The standard InChI is InChI=1S/C20H14FNO.2C2H6/c21-17-10-11-18-20(12-17)23-13-19(22-18)16-8-6-15(7-9-16)14-4-2-1-3-5-14;2*1-2/h1-12H,13H2;2*1-2H3. The Labute approximate surface area is 161 Å². The maximum absolute atomic E-state index is 13.2. The Morgan fingerprint density at radius 3 is 2.00 bits per heavy atom. The van der Waals surface area contributed by atoms with Gasteiger partial charge in [-0.3, -0.25) is 0 Å². The van der Waals surface area contributed by atoms with E-state index in [0.29, 0.717) is 18.0 Å². The van der Waals surface area contributed by atoms with Crippen LogP contribution in [0.5, 0.6) is 5.75 Å². The smallest absolute Gasteiger partial charge is 0.148 e. The van der Waals surface area contributed by atoms with E-state index in [1.165, 1.54) is 17.7 Å². The molecule has 3 aromatic carbocycles. The number of nitrogens with zero attached hydrogens (tertiary/aromatic N) is 1. The van der Waals surface area contributed by atoms with Gasteiger partial charge in [0.25, 0.3) is 0 Å². The van der Waals surface area contributed by atoms with Crippen LogP contribution >= 0.6 is 0 Å². The van der Waals surface area contributed by atoms with Gasteiger partial charge in [0.2, 0.25) is 0 Å². The minimum Gasteiger partial charge on any atom is -0.485 e. The van der Waals surface area contributed by atoms with Crippen molar-refractivity contribution in [2.75, 3.05) is 6.61 Å². The number of ether oxygens (including phenoxy) is 1. The molecule has 1 heterocycles. The fourth-order valence-corrected chi connectivity index (χ4v) is 2.65. The summed E-state index contributed by atoms with van der Waals surface area (Å²) in [7, 11) is 0. The summed E-state index contributed by atoms with van der Waals surface area (Å²) in [6.45, 7) is 8.35. The van der Waals surface area contributed by atoms with E-state index in [4.69, 9.17) is 4.74 Å². The van der Waals surface area contributed by atoms with Crippen LogP contribution in [-0.2, 0) is 0 Å². The molecule has 140 valence electrons. The molecule has 0 amide bonds. The van der Waals surface area contributed by atoms with Crippen LogP contribution in [0.1, 0.15) is 33.3 Å². The molecule has 0 aromatic heterocycles. The predicted octanol–water partition coefficient (Wildman–Crippen LogP) is 7.06. The summed E-state index contributed by atoms with van der Waals surface area (Å²) in [5.41, 5.74) is 4.87. The molecule has 1 aliphatic heterocycles. The Balaban J connectivity index is 0.000000614. The van der Waals surface area contributed by atoms with Crippen LogP contribution in [0.25, 0.3) is 11.1 Å². The van der Waals surface area contributed by atoms with E-state index in [-0.39, 0.29) is 5.82 Å². The average Bonchev–Trinajstić information content (AvgIpc) is 2.77. The van der Waals surface area contributed by atoms with Crippen molar-refractivity contribution in [3.63, 3.8) is 0 Å². The highest BCUT2D eigenvalue weighted by atomic mass is 19.1. The molecule has 0 bridgehead atoms. The van der Waals surface area contributed by atoms with Crippen molar-refractivity contribution in [3.8, 4) is 16.9 Å². The minimum absolute atomic E-state index is 0.311. The summed E-state index contributed by atoms with van der Waals surface area (Å²) in [5, 5.41) is 0. The van der Waals surface area contributed by atoms with Crippen LogP contribution in [0.15, 0.2) is 77.8 Å². The maximum Gasteiger partial charge on any atom is 0.148 e. The first-order valence-electron chi connectivity index (χ1n) is 9.45. The van der Waals surface area contributed by atoms with Gasteiger partial charge in [0.1, 0.15) is 23.9 Å². The lowest BCUT2D eigenvalue weighted by molar-refractivity contribution is 0.370. The zero-order valence-corrected chi connectivity index (χ0v) is 16.4. The minimum atomic E-state index is -0.311. The lowest BCUT2D eigenvalue weighted by Crippen LogP contribution is -2.16. The fourth-order valence-electron chi connectivity index (χ4n) is 2.65. The van der Waals surface area contributed by atoms with Crippen LogP contribution in [0.3, 0.4) is 0 Å². The first-order chi connectivity index (χ1) is 13.3. The molecular formula is C24H26FNO. The Bertz CT molecular complexity index is 871. The molecule has 2 nitrogen and oxygen atoms in total. The van der Waals surface area contributed by atoms with Gasteiger partial charge in [-0.05, 0) is 28.8 Å². The van der Waals surface area contributed by atoms with E-state index >= 15 is 0 Å². The zero-order valence-electron chi connectivity index (χ0n) is 16.4. The van der Waals surface area contributed by atoms with Crippen LogP contribution in [0.4, 0.5) is 10.1 Å².